The highest BCUT2D eigenvalue weighted by Crippen LogP contribution is 2.35. The summed E-state index contributed by atoms with van der Waals surface area (Å²) in [6.07, 6.45) is 1.96. The summed E-state index contributed by atoms with van der Waals surface area (Å²) in [4.78, 5) is 17.7. The molecule has 9 nitrogen and oxygen atoms in total. The molecule has 4 N–H and O–H groups in total. The third kappa shape index (κ3) is 3.57. The van der Waals surface area contributed by atoms with Gasteiger partial charge in [-0.25, -0.2) is 4.98 Å². The average molecular weight is 344 g/mol. The molecule has 0 bridgehead atoms. The standard InChI is InChI=1S/C16H24N8O/c1-10-19-14(22-25-10)9-23-2-4-24(5-3-23)15-8-13(20-16(18)21-15)11-6-12(17)7-11/h8,11-12H,2-7,9,17H2,1H3,(H2,18,20,21). The van der Waals surface area contributed by atoms with E-state index in [0.29, 0.717) is 30.3 Å². The minimum Gasteiger partial charge on any atom is -0.368 e. The average Bonchev–Trinajstić information content (AvgIpc) is 2.97. The van der Waals surface area contributed by atoms with E-state index in [9.17, 15) is 0 Å². The molecule has 3 heterocycles. The molecule has 0 amide bonds. The van der Waals surface area contributed by atoms with Gasteiger partial charge in [-0.3, -0.25) is 4.90 Å². The van der Waals surface area contributed by atoms with Gasteiger partial charge >= 0.3 is 0 Å². The number of aryl methyl sites for hydroxylation is 1. The first-order valence-electron chi connectivity index (χ1n) is 8.73. The Kier molecular flexibility index (Phi) is 4.26. The zero-order chi connectivity index (χ0) is 17.4. The Morgan fingerprint density at radius 3 is 2.56 bits per heavy atom. The number of nitrogens with two attached hydrogens (primary N) is 2. The van der Waals surface area contributed by atoms with Crippen molar-refractivity contribution in [1.29, 1.82) is 0 Å². The van der Waals surface area contributed by atoms with Crippen molar-refractivity contribution < 1.29 is 4.52 Å². The molecule has 0 aromatic carbocycles. The predicted molar refractivity (Wildman–Crippen MR) is 92.9 cm³/mol. The van der Waals surface area contributed by atoms with Crippen LogP contribution < -0.4 is 16.4 Å². The van der Waals surface area contributed by atoms with Gasteiger partial charge in [-0.2, -0.15) is 9.97 Å². The fraction of sp³-hybridized carbons (Fsp3) is 0.625. The largest absolute Gasteiger partial charge is 0.368 e. The van der Waals surface area contributed by atoms with Gasteiger partial charge in [-0.15, -0.1) is 0 Å². The number of rotatable bonds is 4. The molecule has 1 aliphatic heterocycles. The van der Waals surface area contributed by atoms with Crippen LogP contribution in [0.3, 0.4) is 0 Å². The Hall–Kier alpha value is -2.26. The Bertz CT molecular complexity index is 733. The van der Waals surface area contributed by atoms with E-state index in [1.807, 2.05) is 0 Å². The lowest BCUT2D eigenvalue weighted by molar-refractivity contribution is 0.239. The van der Waals surface area contributed by atoms with E-state index in [1.54, 1.807) is 6.92 Å². The summed E-state index contributed by atoms with van der Waals surface area (Å²) in [5.74, 6) is 3.02. The summed E-state index contributed by atoms with van der Waals surface area (Å²) < 4.78 is 5.03. The van der Waals surface area contributed by atoms with E-state index in [2.05, 4.69) is 36.0 Å². The van der Waals surface area contributed by atoms with E-state index in [1.165, 1.54) is 0 Å². The summed E-state index contributed by atoms with van der Waals surface area (Å²) in [6, 6.07) is 2.37. The lowest BCUT2D eigenvalue weighted by Crippen LogP contribution is -2.46. The smallest absolute Gasteiger partial charge is 0.223 e. The number of piperazine rings is 1. The molecular weight excluding hydrogens is 320 g/mol. The number of hydrogen-bond acceptors (Lipinski definition) is 9. The molecule has 9 heteroatoms. The number of nitrogen functional groups attached to an aromatic ring is 1. The highest BCUT2D eigenvalue weighted by Gasteiger charge is 2.30. The van der Waals surface area contributed by atoms with Crippen molar-refractivity contribution >= 4 is 11.8 Å². The number of aromatic nitrogens is 4. The van der Waals surface area contributed by atoms with Crippen molar-refractivity contribution in [3.8, 4) is 0 Å². The third-order valence-corrected chi connectivity index (χ3v) is 4.97. The Morgan fingerprint density at radius 1 is 1.16 bits per heavy atom. The number of anilines is 2. The fourth-order valence-corrected chi connectivity index (χ4v) is 3.49. The van der Waals surface area contributed by atoms with Crippen molar-refractivity contribution in [2.24, 2.45) is 5.73 Å². The van der Waals surface area contributed by atoms with Crippen LogP contribution in [0.25, 0.3) is 0 Å². The van der Waals surface area contributed by atoms with E-state index in [-0.39, 0.29) is 0 Å². The topological polar surface area (TPSA) is 123 Å². The first-order chi connectivity index (χ1) is 12.1. The first kappa shape index (κ1) is 16.2. The van der Waals surface area contributed by atoms with E-state index < -0.39 is 0 Å². The zero-order valence-electron chi connectivity index (χ0n) is 14.4. The van der Waals surface area contributed by atoms with Gasteiger partial charge in [0.25, 0.3) is 0 Å². The van der Waals surface area contributed by atoms with Crippen molar-refractivity contribution in [2.45, 2.75) is 38.3 Å². The van der Waals surface area contributed by atoms with Crippen LogP contribution in [0.4, 0.5) is 11.8 Å². The van der Waals surface area contributed by atoms with Crippen LogP contribution in [0, 0.1) is 6.92 Å². The van der Waals surface area contributed by atoms with E-state index in [0.717, 1.165) is 56.4 Å². The van der Waals surface area contributed by atoms with Crippen molar-refractivity contribution in [2.75, 3.05) is 36.8 Å². The van der Waals surface area contributed by atoms with Crippen LogP contribution in [-0.2, 0) is 6.54 Å². The molecule has 2 aliphatic rings. The summed E-state index contributed by atoms with van der Waals surface area (Å²) in [5.41, 5.74) is 12.9. The van der Waals surface area contributed by atoms with Gasteiger partial charge in [0, 0.05) is 51.1 Å². The summed E-state index contributed by atoms with van der Waals surface area (Å²) >= 11 is 0. The van der Waals surface area contributed by atoms with Crippen molar-refractivity contribution in [3.05, 3.63) is 23.5 Å². The van der Waals surface area contributed by atoms with Crippen LogP contribution in [0.5, 0.6) is 0 Å². The van der Waals surface area contributed by atoms with Crippen LogP contribution in [0.2, 0.25) is 0 Å². The molecule has 2 aromatic heterocycles. The molecule has 4 rings (SSSR count). The molecule has 0 atom stereocenters. The maximum absolute atomic E-state index is 5.93. The molecular formula is C16H24N8O. The predicted octanol–water partition coefficient (Wildman–Crippen LogP) is 0.277. The SMILES string of the molecule is Cc1nc(CN2CCN(c3cc(C4CC(N)C4)nc(N)n3)CC2)no1. The lowest BCUT2D eigenvalue weighted by atomic mass is 9.78. The van der Waals surface area contributed by atoms with Gasteiger partial charge < -0.3 is 20.9 Å². The van der Waals surface area contributed by atoms with Crippen LogP contribution in [0.1, 0.15) is 36.2 Å². The van der Waals surface area contributed by atoms with Gasteiger partial charge in [0.15, 0.2) is 5.82 Å². The second kappa shape index (κ2) is 6.57. The molecule has 134 valence electrons. The maximum Gasteiger partial charge on any atom is 0.223 e. The van der Waals surface area contributed by atoms with Gasteiger partial charge in [-0.1, -0.05) is 5.16 Å². The minimum atomic E-state index is 0.293. The second-order valence-corrected chi connectivity index (χ2v) is 6.93. The number of nitrogens with zero attached hydrogens (tertiary/aromatic N) is 6. The molecule has 0 radical (unpaired) electrons. The normalized spacial score (nSPS) is 24.3. The Labute approximate surface area is 146 Å². The zero-order valence-corrected chi connectivity index (χ0v) is 14.4. The Balaban J connectivity index is 1.38. The third-order valence-electron chi connectivity index (χ3n) is 4.97. The van der Waals surface area contributed by atoms with Crippen LogP contribution in [-0.4, -0.2) is 57.2 Å². The highest BCUT2D eigenvalue weighted by atomic mass is 16.5. The molecule has 2 fully saturated rings. The molecule has 0 spiro atoms. The molecule has 2 aromatic rings. The maximum atomic E-state index is 5.93. The summed E-state index contributed by atoms with van der Waals surface area (Å²) in [5, 5.41) is 3.96. The monoisotopic (exact) mass is 344 g/mol. The second-order valence-electron chi connectivity index (χ2n) is 6.93. The van der Waals surface area contributed by atoms with Crippen LogP contribution in [0.15, 0.2) is 10.6 Å². The molecule has 1 saturated carbocycles. The van der Waals surface area contributed by atoms with Gasteiger partial charge in [0.2, 0.25) is 11.8 Å². The quantitative estimate of drug-likeness (QED) is 0.804. The highest BCUT2D eigenvalue weighted by molar-refractivity contribution is 5.45. The Morgan fingerprint density at radius 2 is 1.92 bits per heavy atom. The fourth-order valence-electron chi connectivity index (χ4n) is 3.49. The lowest BCUT2D eigenvalue weighted by Gasteiger charge is -2.36. The van der Waals surface area contributed by atoms with Gasteiger partial charge in [0.05, 0.1) is 12.2 Å². The van der Waals surface area contributed by atoms with E-state index in [4.69, 9.17) is 16.0 Å². The summed E-state index contributed by atoms with van der Waals surface area (Å²) in [6.45, 7) is 6.12. The van der Waals surface area contributed by atoms with Crippen molar-refractivity contribution in [1.82, 2.24) is 25.0 Å². The van der Waals surface area contributed by atoms with Crippen LogP contribution >= 0.6 is 0 Å². The number of hydrogen-bond donors (Lipinski definition) is 2. The molecule has 1 saturated heterocycles. The first-order valence-corrected chi connectivity index (χ1v) is 8.73. The molecule has 25 heavy (non-hydrogen) atoms. The van der Waals surface area contributed by atoms with E-state index >= 15 is 0 Å². The van der Waals surface area contributed by atoms with Gasteiger partial charge in [-0.05, 0) is 12.8 Å². The summed E-state index contributed by atoms with van der Waals surface area (Å²) in [7, 11) is 0. The molecule has 1 aliphatic carbocycles. The molecule has 0 unspecified atom stereocenters. The van der Waals surface area contributed by atoms with Gasteiger partial charge in [0.1, 0.15) is 5.82 Å². The van der Waals surface area contributed by atoms with Crippen molar-refractivity contribution in [3.63, 3.8) is 0 Å². The minimum absolute atomic E-state index is 0.293.